The second-order valence-corrected chi connectivity index (χ2v) is 4.25. The van der Waals surface area contributed by atoms with Gasteiger partial charge in [0.2, 0.25) is 0 Å². The van der Waals surface area contributed by atoms with Crippen LogP contribution in [0.4, 0.5) is 0 Å². The lowest BCUT2D eigenvalue weighted by molar-refractivity contribution is -0.136. The van der Waals surface area contributed by atoms with Crippen molar-refractivity contribution in [3.63, 3.8) is 0 Å². The number of hydrogen-bond donors (Lipinski definition) is 1. The Morgan fingerprint density at radius 2 is 2.21 bits per heavy atom. The highest BCUT2D eigenvalue weighted by Crippen LogP contribution is 2.24. The van der Waals surface area contributed by atoms with E-state index in [-0.39, 0.29) is 12.5 Å². The number of nitrogens with zero attached hydrogens (tertiary/aromatic N) is 2. The molecule has 4 nitrogen and oxygen atoms in total. The molecule has 0 saturated carbocycles. The number of carboxylic acids is 1. The first-order chi connectivity index (χ1) is 6.43. The molecular weight excluding hydrogens is 248 g/mol. The maximum atomic E-state index is 10.6. The standard InChI is InChI=1S/C9H13BrN2O2/c1-5(2)12-7(4-8(13)14)9(10)6(3)11-12/h5H,4H2,1-3H3,(H,13,14). The van der Waals surface area contributed by atoms with Gasteiger partial charge in [-0.3, -0.25) is 9.48 Å². The molecule has 1 rings (SSSR count). The fourth-order valence-corrected chi connectivity index (χ4v) is 1.71. The average molecular weight is 261 g/mol. The fraction of sp³-hybridized carbons (Fsp3) is 0.556. The fourth-order valence-electron chi connectivity index (χ4n) is 1.30. The number of aromatic nitrogens is 2. The van der Waals surface area contributed by atoms with Crippen LogP contribution in [0, 0.1) is 6.92 Å². The zero-order valence-corrected chi connectivity index (χ0v) is 10.00. The van der Waals surface area contributed by atoms with Crippen LogP contribution in [-0.4, -0.2) is 20.9 Å². The molecule has 0 fully saturated rings. The monoisotopic (exact) mass is 260 g/mol. The summed E-state index contributed by atoms with van der Waals surface area (Å²) in [5.41, 5.74) is 1.56. The van der Waals surface area contributed by atoms with E-state index in [1.807, 2.05) is 20.8 Å². The van der Waals surface area contributed by atoms with E-state index in [0.29, 0.717) is 0 Å². The molecule has 0 aliphatic heterocycles. The van der Waals surface area contributed by atoms with Crippen molar-refractivity contribution in [3.8, 4) is 0 Å². The van der Waals surface area contributed by atoms with Crippen molar-refractivity contribution < 1.29 is 9.90 Å². The number of halogens is 1. The van der Waals surface area contributed by atoms with E-state index < -0.39 is 5.97 Å². The molecule has 1 aromatic heterocycles. The molecular formula is C9H13BrN2O2. The first-order valence-corrected chi connectivity index (χ1v) is 5.18. The molecule has 1 aromatic rings. The molecule has 1 heterocycles. The molecule has 14 heavy (non-hydrogen) atoms. The Kier molecular flexibility index (Phi) is 3.31. The quantitative estimate of drug-likeness (QED) is 0.907. The molecule has 0 radical (unpaired) electrons. The molecule has 0 unspecified atom stereocenters. The van der Waals surface area contributed by atoms with E-state index in [0.717, 1.165) is 15.9 Å². The largest absolute Gasteiger partial charge is 0.481 e. The lowest BCUT2D eigenvalue weighted by atomic mass is 10.2. The third-order valence-corrected chi connectivity index (χ3v) is 2.94. The smallest absolute Gasteiger partial charge is 0.309 e. The Morgan fingerprint density at radius 1 is 1.64 bits per heavy atom. The van der Waals surface area contributed by atoms with Gasteiger partial charge in [0, 0.05) is 6.04 Å². The summed E-state index contributed by atoms with van der Waals surface area (Å²) in [7, 11) is 0. The Balaban J connectivity index is 3.16. The molecule has 0 aliphatic carbocycles. The highest BCUT2D eigenvalue weighted by Gasteiger charge is 2.17. The van der Waals surface area contributed by atoms with Crippen molar-refractivity contribution in [2.75, 3.05) is 0 Å². The number of rotatable bonds is 3. The lowest BCUT2D eigenvalue weighted by Gasteiger charge is -2.09. The summed E-state index contributed by atoms with van der Waals surface area (Å²) in [5, 5.41) is 13.0. The highest BCUT2D eigenvalue weighted by atomic mass is 79.9. The minimum Gasteiger partial charge on any atom is -0.481 e. The first-order valence-electron chi connectivity index (χ1n) is 4.38. The van der Waals surface area contributed by atoms with E-state index in [2.05, 4.69) is 21.0 Å². The molecule has 0 spiro atoms. The Bertz CT molecular complexity index is 358. The number of carbonyl (C=O) groups is 1. The van der Waals surface area contributed by atoms with Crippen LogP contribution in [0.5, 0.6) is 0 Å². The van der Waals surface area contributed by atoms with Gasteiger partial charge in [-0.15, -0.1) is 0 Å². The van der Waals surface area contributed by atoms with E-state index >= 15 is 0 Å². The van der Waals surface area contributed by atoms with Gasteiger partial charge in [0.1, 0.15) is 0 Å². The second kappa shape index (κ2) is 4.13. The van der Waals surface area contributed by atoms with E-state index in [1.54, 1.807) is 4.68 Å². The number of aryl methyl sites for hydroxylation is 1. The molecule has 0 amide bonds. The van der Waals surface area contributed by atoms with Crippen LogP contribution in [0.15, 0.2) is 4.47 Å². The van der Waals surface area contributed by atoms with Crippen LogP contribution in [0.25, 0.3) is 0 Å². The third kappa shape index (κ3) is 2.15. The Hall–Kier alpha value is -0.840. The Labute approximate surface area is 91.1 Å². The highest BCUT2D eigenvalue weighted by molar-refractivity contribution is 9.10. The number of aliphatic carboxylic acids is 1. The average Bonchev–Trinajstić information content (AvgIpc) is 2.32. The minimum atomic E-state index is -0.840. The summed E-state index contributed by atoms with van der Waals surface area (Å²) < 4.78 is 2.54. The third-order valence-electron chi connectivity index (χ3n) is 1.91. The lowest BCUT2D eigenvalue weighted by Crippen LogP contribution is -2.11. The van der Waals surface area contributed by atoms with Gasteiger partial charge < -0.3 is 5.11 Å². The van der Waals surface area contributed by atoms with Crippen molar-refractivity contribution in [3.05, 3.63) is 15.9 Å². The van der Waals surface area contributed by atoms with Crippen molar-refractivity contribution in [1.29, 1.82) is 0 Å². The van der Waals surface area contributed by atoms with Gasteiger partial charge in [0.15, 0.2) is 0 Å². The molecule has 0 bridgehead atoms. The summed E-state index contributed by atoms with van der Waals surface area (Å²) in [6.45, 7) is 5.81. The van der Waals surface area contributed by atoms with Crippen LogP contribution in [0.1, 0.15) is 31.3 Å². The van der Waals surface area contributed by atoms with E-state index in [9.17, 15) is 4.79 Å². The zero-order chi connectivity index (χ0) is 10.9. The predicted molar refractivity (Wildman–Crippen MR) is 56.4 cm³/mol. The molecule has 5 heteroatoms. The maximum Gasteiger partial charge on any atom is 0.309 e. The van der Waals surface area contributed by atoms with Gasteiger partial charge in [0.25, 0.3) is 0 Å². The zero-order valence-electron chi connectivity index (χ0n) is 8.41. The van der Waals surface area contributed by atoms with Crippen molar-refractivity contribution in [1.82, 2.24) is 9.78 Å². The van der Waals surface area contributed by atoms with E-state index in [4.69, 9.17) is 5.11 Å². The van der Waals surface area contributed by atoms with Crippen molar-refractivity contribution in [2.45, 2.75) is 33.2 Å². The maximum absolute atomic E-state index is 10.6. The van der Waals surface area contributed by atoms with Gasteiger partial charge in [-0.2, -0.15) is 5.10 Å². The van der Waals surface area contributed by atoms with Crippen LogP contribution in [0.2, 0.25) is 0 Å². The summed E-state index contributed by atoms with van der Waals surface area (Å²) in [4.78, 5) is 10.6. The summed E-state index contributed by atoms with van der Waals surface area (Å²) in [5.74, 6) is -0.840. The van der Waals surface area contributed by atoms with Crippen LogP contribution < -0.4 is 0 Å². The second-order valence-electron chi connectivity index (χ2n) is 3.45. The van der Waals surface area contributed by atoms with Crippen LogP contribution in [0.3, 0.4) is 0 Å². The van der Waals surface area contributed by atoms with Gasteiger partial charge in [-0.05, 0) is 36.7 Å². The van der Waals surface area contributed by atoms with Crippen molar-refractivity contribution >= 4 is 21.9 Å². The molecule has 78 valence electrons. The molecule has 0 aliphatic rings. The molecule has 1 N–H and O–H groups in total. The number of hydrogen-bond acceptors (Lipinski definition) is 2. The molecule has 0 atom stereocenters. The molecule has 0 saturated heterocycles. The first kappa shape index (κ1) is 11.2. The van der Waals surface area contributed by atoms with Crippen LogP contribution >= 0.6 is 15.9 Å². The normalized spacial score (nSPS) is 10.9. The summed E-state index contributed by atoms with van der Waals surface area (Å²) >= 11 is 3.35. The van der Waals surface area contributed by atoms with Gasteiger partial charge in [-0.25, -0.2) is 0 Å². The van der Waals surface area contributed by atoms with Gasteiger partial charge in [-0.1, -0.05) is 0 Å². The topological polar surface area (TPSA) is 55.1 Å². The Morgan fingerprint density at radius 3 is 2.64 bits per heavy atom. The van der Waals surface area contributed by atoms with Gasteiger partial charge in [0.05, 0.1) is 22.3 Å². The number of carboxylic acid groups (broad SMARTS) is 1. The minimum absolute atomic E-state index is 0.000394. The summed E-state index contributed by atoms with van der Waals surface area (Å²) in [6.07, 6.45) is -0.000394. The van der Waals surface area contributed by atoms with E-state index in [1.165, 1.54) is 0 Å². The van der Waals surface area contributed by atoms with Crippen molar-refractivity contribution in [2.24, 2.45) is 0 Å². The predicted octanol–water partition coefficient (Wildman–Crippen LogP) is 2.16. The molecule has 0 aromatic carbocycles. The van der Waals surface area contributed by atoms with Gasteiger partial charge >= 0.3 is 5.97 Å². The summed E-state index contributed by atoms with van der Waals surface area (Å²) in [6, 6.07) is 0.175. The SMILES string of the molecule is Cc1nn(C(C)C)c(CC(=O)O)c1Br. The van der Waals surface area contributed by atoms with Crippen LogP contribution in [-0.2, 0) is 11.2 Å².